The van der Waals surface area contributed by atoms with Crippen LogP contribution in [0.4, 0.5) is 0 Å². The fraction of sp³-hybridized carbons (Fsp3) is 0.200. The Balaban J connectivity index is 2.47. The van der Waals surface area contributed by atoms with Crippen molar-refractivity contribution < 1.29 is 10.2 Å². The summed E-state index contributed by atoms with van der Waals surface area (Å²) in [7, 11) is 0. The van der Waals surface area contributed by atoms with Gasteiger partial charge in [-0.3, -0.25) is 0 Å². The van der Waals surface area contributed by atoms with E-state index in [1.54, 1.807) is 24.3 Å². The number of rotatable bonds is 4. The molecule has 0 heterocycles. The smallest absolute Gasteiger partial charge is 0.117 e. The van der Waals surface area contributed by atoms with E-state index in [1.807, 2.05) is 30.3 Å². The molecule has 0 bridgehead atoms. The summed E-state index contributed by atoms with van der Waals surface area (Å²) < 4.78 is 0. The van der Waals surface area contributed by atoms with Crippen LogP contribution in [0.5, 0.6) is 0 Å². The lowest BCUT2D eigenvalue weighted by Gasteiger charge is -2.28. The minimum atomic E-state index is -1.18. The summed E-state index contributed by atoms with van der Waals surface area (Å²) in [6.45, 7) is -0.0893. The molecule has 0 fully saturated rings. The van der Waals surface area contributed by atoms with E-state index in [-0.39, 0.29) is 13.0 Å². The summed E-state index contributed by atoms with van der Waals surface area (Å²) in [6, 6.07) is 16.4. The molecule has 2 aromatic rings. The lowest BCUT2D eigenvalue weighted by Crippen LogP contribution is -2.28. The van der Waals surface area contributed by atoms with Gasteiger partial charge in [-0.25, -0.2) is 0 Å². The standard InChI is InChI=1S/C15H15ClO2/c16-14-8-6-13(7-9-14)15(18,10-11-17)12-4-2-1-3-5-12/h1-9,17-18H,10-11H2/t15-/m1/s1. The topological polar surface area (TPSA) is 40.5 Å². The van der Waals surface area contributed by atoms with Gasteiger partial charge in [0.2, 0.25) is 0 Å². The summed E-state index contributed by atoms with van der Waals surface area (Å²) in [4.78, 5) is 0. The van der Waals surface area contributed by atoms with Gasteiger partial charge in [0.15, 0.2) is 0 Å². The molecule has 0 radical (unpaired) electrons. The summed E-state index contributed by atoms with van der Waals surface area (Å²) >= 11 is 5.85. The molecule has 0 saturated heterocycles. The Bertz CT molecular complexity index is 496. The van der Waals surface area contributed by atoms with E-state index in [4.69, 9.17) is 11.6 Å². The molecule has 2 nitrogen and oxygen atoms in total. The van der Waals surface area contributed by atoms with Crippen molar-refractivity contribution in [1.29, 1.82) is 0 Å². The van der Waals surface area contributed by atoms with Crippen molar-refractivity contribution in [2.24, 2.45) is 0 Å². The first kappa shape index (κ1) is 13.1. The molecule has 3 heteroatoms. The molecule has 0 aliphatic heterocycles. The lowest BCUT2D eigenvalue weighted by atomic mass is 9.84. The predicted octanol–water partition coefficient (Wildman–Crippen LogP) is 2.96. The van der Waals surface area contributed by atoms with Crippen LogP contribution in [0.15, 0.2) is 54.6 Å². The summed E-state index contributed by atoms with van der Waals surface area (Å²) in [5.74, 6) is 0. The third kappa shape index (κ3) is 2.56. The number of hydrogen-bond donors (Lipinski definition) is 2. The third-order valence-corrected chi connectivity index (χ3v) is 3.30. The van der Waals surface area contributed by atoms with E-state index in [0.29, 0.717) is 5.02 Å². The fourth-order valence-electron chi connectivity index (χ4n) is 2.06. The van der Waals surface area contributed by atoms with Gasteiger partial charge >= 0.3 is 0 Å². The molecular formula is C15H15ClO2. The molecule has 0 aliphatic rings. The Morgan fingerprint density at radius 1 is 0.889 bits per heavy atom. The molecule has 0 unspecified atom stereocenters. The molecule has 0 saturated carbocycles. The summed E-state index contributed by atoms with van der Waals surface area (Å²) in [5, 5.41) is 20.7. The second kappa shape index (κ2) is 5.53. The number of halogens is 1. The Kier molecular flexibility index (Phi) is 4.02. The Morgan fingerprint density at radius 2 is 1.44 bits per heavy atom. The van der Waals surface area contributed by atoms with Crippen LogP contribution in [-0.4, -0.2) is 16.8 Å². The fourth-order valence-corrected chi connectivity index (χ4v) is 2.18. The lowest BCUT2D eigenvalue weighted by molar-refractivity contribution is 0.0509. The molecule has 94 valence electrons. The molecule has 2 rings (SSSR count). The summed E-state index contributed by atoms with van der Waals surface area (Å²) in [6.07, 6.45) is 0.249. The van der Waals surface area contributed by atoms with Crippen molar-refractivity contribution in [3.05, 3.63) is 70.7 Å². The van der Waals surface area contributed by atoms with E-state index >= 15 is 0 Å². The van der Waals surface area contributed by atoms with E-state index in [2.05, 4.69) is 0 Å². The monoisotopic (exact) mass is 262 g/mol. The zero-order chi connectivity index (χ0) is 13.0. The number of aliphatic hydroxyl groups is 2. The highest BCUT2D eigenvalue weighted by molar-refractivity contribution is 6.30. The Hall–Kier alpha value is -1.35. The van der Waals surface area contributed by atoms with Crippen LogP contribution in [0.1, 0.15) is 17.5 Å². The molecule has 0 aromatic heterocycles. The van der Waals surface area contributed by atoms with Crippen LogP contribution >= 0.6 is 11.6 Å². The van der Waals surface area contributed by atoms with Crippen LogP contribution in [0, 0.1) is 0 Å². The van der Waals surface area contributed by atoms with Gasteiger partial charge in [0.1, 0.15) is 5.60 Å². The van der Waals surface area contributed by atoms with Gasteiger partial charge in [0, 0.05) is 18.1 Å². The first-order chi connectivity index (χ1) is 8.66. The van der Waals surface area contributed by atoms with Crippen molar-refractivity contribution in [2.75, 3.05) is 6.61 Å². The Labute approximate surface area is 111 Å². The van der Waals surface area contributed by atoms with Crippen LogP contribution in [0.3, 0.4) is 0 Å². The van der Waals surface area contributed by atoms with E-state index in [1.165, 1.54) is 0 Å². The van der Waals surface area contributed by atoms with Crippen molar-refractivity contribution in [3.8, 4) is 0 Å². The van der Waals surface area contributed by atoms with E-state index < -0.39 is 5.60 Å². The highest BCUT2D eigenvalue weighted by Crippen LogP contribution is 2.33. The molecule has 18 heavy (non-hydrogen) atoms. The number of aliphatic hydroxyl groups excluding tert-OH is 1. The van der Waals surface area contributed by atoms with Crippen LogP contribution in [0.2, 0.25) is 5.02 Å². The zero-order valence-electron chi connectivity index (χ0n) is 9.88. The number of benzene rings is 2. The second-order valence-electron chi connectivity index (χ2n) is 4.21. The van der Waals surface area contributed by atoms with Gasteiger partial charge in [0.05, 0.1) is 0 Å². The third-order valence-electron chi connectivity index (χ3n) is 3.05. The highest BCUT2D eigenvalue weighted by atomic mass is 35.5. The maximum Gasteiger partial charge on any atom is 0.117 e. The van der Waals surface area contributed by atoms with Gasteiger partial charge in [-0.15, -0.1) is 0 Å². The van der Waals surface area contributed by atoms with Gasteiger partial charge < -0.3 is 10.2 Å². The highest BCUT2D eigenvalue weighted by Gasteiger charge is 2.30. The quantitative estimate of drug-likeness (QED) is 0.889. The summed E-state index contributed by atoms with van der Waals surface area (Å²) in [5.41, 5.74) is 0.314. The Morgan fingerprint density at radius 3 is 2.00 bits per heavy atom. The molecule has 0 spiro atoms. The molecular weight excluding hydrogens is 248 g/mol. The van der Waals surface area contributed by atoms with Gasteiger partial charge in [0.25, 0.3) is 0 Å². The van der Waals surface area contributed by atoms with Gasteiger partial charge in [-0.05, 0) is 23.3 Å². The largest absolute Gasteiger partial charge is 0.396 e. The van der Waals surface area contributed by atoms with E-state index in [0.717, 1.165) is 11.1 Å². The minimum Gasteiger partial charge on any atom is -0.396 e. The van der Waals surface area contributed by atoms with E-state index in [9.17, 15) is 10.2 Å². The van der Waals surface area contributed by atoms with Crippen molar-refractivity contribution in [1.82, 2.24) is 0 Å². The number of hydrogen-bond acceptors (Lipinski definition) is 2. The molecule has 0 amide bonds. The average molecular weight is 263 g/mol. The van der Waals surface area contributed by atoms with Crippen LogP contribution in [0.25, 0.3) is 0 Å². The average Bonchev–Trinajstić information content (AvgIpc) is 2.40. The first-order valence-corrected chi connectivity index (χ1v) is 6.19. The van der Waals surface area contributed by atoms with Crippen molar-refractivity contribution in [2.45, 2.75) is 12.0 Å². The maximum atomic E-state index is 10.8. The van der Waals surface area contributed by atoms with Crippen LogP contribution < -0.4 is 0 Å². The minimum absolute atomic E-state index is 0.0893. The molecule has 2 N–H and O–H groups in total. The van der Waals surface area contributed by atoms with Crippen molar-refractivity contribution in [3.63, 3.8) is 0 Å². The maximum absolute atomic E-state index is 10.8. The first-order valence-electron chi connectivity index (χ1n) is 5.81. The predicted molar refractivity (Wildman–Crippen MR) is 72.6 cm³/mol. The van der Waals surface area contributed by atoms with Gasteiger partial charge in [-0.2, -0.15) is 0 Å². The van der Waals surface area contributed by atoms with Crippen LogP contribution in [-0.2, 0) is 5.60 Å². The zero-order valence-corrected chi connectivity index (χ0v) is 10.6. The molecule has 0 aliphatic carbocycles. The molecule has 1 atom stereocenters. The van der Waals surface area contributed by atoms with Gasteiger partial charge in [-0.1, -0.05) is 54.1 Å². The second-order valence-corrected chi connectivity index (χ2v) is 4.64. The van der Waals surface area contributed by atoms with Crippen molar-refractivity contribution >= 4 is 11.6 Å². The normalized spacial score (nSPS) is 14.2. The molecule has 2 aromatic carbocycles. The SMILES string of the molecule is OCC[C@@](O)(c1ccccc1)c1ccc(Cl)cc1.